The summed E-state index contributed by atoms with van der Waals surface area (Å²) in [5.74, 6) is -0.466. The van der Waals surface area contributed by atoms with Crippen molar-refractivity contribution in [2.24, 2.45) is 0 Å². The number of hydrogen-bond donors (Lipinski definition) is 1. The van der Waals surface area contributed by atoms with Crippen LogP contribution in [0.3, 0.4) is 0 Å². The van der Waals surface area contributed by atoms with Gasteiger partial charge in [-0.1, -0.05) is 11.6 Å². The third-order valence-electron chi connectivity index (χ3n) is 0.832. The molecule has 0 unspecified atom stereocenters. The monoisotopic (exact) mass is 134 g/mol. The lowest BCUT2D eigenvalue weighted by atomic mass is 10.5. The molecule has 1 aromatic rings. The van der Waals surface area contributed by atoms with Gasteiger partial charge in [-0.2, -0.15) is 5.10 Å². The quantitative estimate of drug-likeness (QED) is 0.573. The summed E-state index contributed by atoms with van der Waals surface area (Å²) in [5, 5.41) is 5.67. The van der Waals surface area contributed by atoms with E-state index in [0.29, 0.717) is 5.69 Å². The highest BCUT2D eigenvalue weighted by molar-refractivity contribution is 6.29. The van der Waals surface area contributed by atoms with Gasteiger partial charge in [0.05, 0.1) is 5.69 Å². The van der Waals surface area contributed by atoms with Gasteiger partial charge in [0.2, 0.25) is 0 Å². The van der Waals surface area contributed by atoms with Gasteiger partial charge in [-0.15, -0.1) is 0 Å². The Labute approximate surface area is 50.7 Å². The number of nitrogens with zero attached hydrogens (tertiary/aromatic N) is 1. The maximum Gasteiger partial charge on any atom is 0.186 e. The molecule has 0 bridgehead atoms. The molecule has 0 spiro atoms. The smallest absolute Gasteiger partial charge is 0.186 e. The van der Waals surface area contributed by atoms with E-state index in [1.165, 1.54) is 0 Å². The molecule has 0 radical (unpaired) electrons. The van der Waals surface area contributed by atoms with Crippen molar-refractivity contribution in [3.05, 3.63) is 16.7 Å². The van der Waals surface area contributed by atoms with Crippen molar-refractivity contribution in [2.45, 2.75) is 6.92 Å². The maximum atomic E-state index is 12.3. The predicted molar refractivity (Wildman–Crippen MR) is 28.3 cm³/mol. The Bertz CT molecular complexity index is 176. The van der Waals surface area contributed by atoms with Crippen molar-refractivity contribution < 1.29 is 4.39 Å². The number of aromatic nitrogens is 2. The first kappa shape index (κ1) is 5.56. The summed E-state index contributed by atoms with van der Waals surface area (Å²) in [7, 11) is 0. The zero-order valence-corrected chi connectivity index (χ0v) is 4.96. The summed E-state index contributed by atoms with van der Waals surface area (Å²) in [5.41, 5.74) is 0.370. The molecule has 2 nitrogen and oxygen atoms in total. The lowest BCUT2D eigenvalue weighted by Crippen LogP contribution is -1.72. The number of nitrogens with one attached hydrogen (secondary N) is 1. The second-order valence-corrected chi connectivity index (χ2v) is 1.81. The highest BCUT2D eigenvalue weighted by atomic mass is 35.5. The van der Waals surface area contributed by atoms with E-state index in [1.54, 1.807) is 6.92 Å². The van der Waals surface area contributed by atoms with E-state index in [4.69, 9.17) is 11.6 Å². The van der Waals surface area contributed by atoms with Crippen molar-refractivity contribution >= 4 is 11.6 Å². The fraction of sp³-hybridized carbons (Fsp3) is 0.250. The molecule has 0 aliphatic heterocycles. The van der Waals surface area contributed by atoms with E-state index >= 15 is 0 Å². The topological polar surface area (TPSA) is 28.7 Å². The van der Waals surface area contributed by atoms with Crippen LogP contribution in [0.4, 0.5) is 4.39 Å². The summed E-state index contributed by atoms with van der Waals surface area (Å²) < 4.78 is 12.3. The van der Waals surface area contributed by atoms with Gasteiger partial charge in [0, 0.05) is 0 Å². The average Bonchev–Trinajstić information content (AvgIpc) is 1.98. The summed E-state index contributed by atoms with van der Waals surface area (Å²) in [6, 6.07) is 0. The lowest BCUT2D eigenvalue weighted by molar-refractivity contribution is 0.619. The fourth-order valence-corrected chi connectivity index (χ4v) is 0.570. The summed E-state index contributed by atoms with van der Waals surface area (Å²) in [4.78, 5) is 0. The standard InChI is InChI=1S/C4H4ClFN2/c1-2-3(6)4(5)8-7-2/h1H3,(H,7,8). The average molecular weight is 135 g/mol. The Morgan fingerprint density at radius 3 is 2.50 bits per heavy atom. The van der Waals surface area contributed by atoms with Gasteiger partial charge in [-0.25, -0.2) is 4.39 Å². The molecule has 44 valence electrons. The van der Waals surface area contributed by atoms with Crippen molar-refractivity contribution in [2.75, 3.05) is 0 Å². The minimum Gasteiger partial charge on any atom is -0.278 e. The zero-order valence-electron chi connectivity index (χ0n) is 4.20. The Balaban J connectivity index is 3.19. The molecule has 0 atom stereocenters. The zero-order chi connectivity index (χ0) is 6.15. The minimum atomic E-state index is -0.466. The maximum absolute atomic E-state index is 12.3. The predicted octanol–water partition coefficient (Wildman–Crippen LogP) is 1.51. The lowest BCUT2D eigenvalue weighted by Gasteiger charge is -1.77. The molecule has 8 heavy (non-hydrogen) atoms. The van der Waals surface area contributed by atoms with Crippen LogP contribution in [-0.4, -0.2) is 10.2 Å². The van der Waals surface area contributed by atoms with E-state index in [-0.39, 0.29) is 5.15 Å². The Hall–Kier alpha value is -0.570. The van der Waals surface area contributed by atoms with Crippen molar-refractivity contribution in [1.29, 1.82) is 0 Å². The van der Waals surface area contributed by atoms with Crippen LogP contribution in [0.15, 0.2) is 0 Å². The van der Waals surface area contributed by atoms with Gasteiger partial charge in [0.1, 0.15) is 0 Å². The molecule has 0 aromatic carbocycles. The molecule has 1 heterocycles. The van der Waals surface area contributed by atoms with E-state index in [1.807, 2.05) is 0 Å². The fourth-order valence-electron chi connectivity index (χ4n) is 0.386. The second kappa shape index (κ2) is 1.74. The van der Waals surface area contributed by atoms with Crippen LogP contribution in [0.25, 0.3) is 0 Å². The van der Waals surface area contributed by atoms with Gasteiger partial charge in [-0.05, 0) is 6.92 Å². The SMILES string of the molecule is Cc1[nH]nc(Cl)c1F. The van der Waals surface area contributed by atoms with Crippen molar-refractivity contribution in [3.63, 3.8) is 0 Å². The molecular formula is C4H4ClFN2. The summed E-state index contributed by atoms with van der Waals surface area (Å²) >= 11 is 5.21. The largest absolute Gasteiger partial charge is 0.278 e. The summed E-state index contributed by atoms with van der Waals surface area (Å²) in [6.07, 6.45) is 0. The highest BCUT2D eigenvalue weighted by Crippen LogP contribution is 2.11. The summed E-state index contributed by atoms with van der Waals surface area (Å²) in [6.45, 7) is 1.56. The van der Waals surface area contributed by atoms with Gasteiger partial charge >= 0.3 is 0 Å². The van der Waals surface area contributed by atoms with Crippen molar-refractivity contribution in [1.82, 2.24) is 10.2 Å². The van der Waals surface area contributed by atoms with Gasteiger partial charge < -0.3 is 0 Å². The number of rotatable bonds is 0. The Morgan fingerprint density at radius 1 is 1.75 bits per heavy atom. The number of aromatic amines is 1. The van der Waals surface area contributed by atoms with Crippen LogP contribution in [0.5, 0.6) is 0 Å². The first-order valence-electron chi connectivity index (χ1n) is 2.08. The first-order chi connectivity index (χ1) is 3.72. The Morgan fingerprint density at radius 2 is 2.38 bits per heavy atom. The molecule has 0 aliphatic rings. The second-order valence-electron chi connectivity index (χ2n) is 1.45. The van der Waals surface area contributed by atoms with Gasteiger partial charge in [0.25, 0.3) is 0 Å². The van der Waals surface area contributed by atoms with Crippen LogP contribution in [0.1, 0.15) is 5.69 Å². The highest BCUT2D eigenvalue weighted by Gasteiger charge is 2.04. The molecule has 4 heteroatoms. The molecule has 0 saturated carbocycles. The molecule has 1 N–H and O–H groups in total. The van der Waals surface area contributed by atoms with Crippen LogP contribution >= 0.6 is 11.6 Å². The van der Waals surface area contributed by atoms with Gasteiger partial charge in [0.15, 0.2) is 11.0 Å². The molecular weight excluding hydrogens is 131 g/mol. The van der Waals surface area contributed by atoms with E-state index in [9.17, 15) is 4.39 Å². The van der Waals surface area contributed by atoms with E-state index in [0.717, 1.165) is 0 Å². The van der Waals surface area contributed by atoms with E-state index in [2.05, 4.69) is 10.2 Å². The molecule has 0 amide bonds. The van der Waals surface area contributed by atoms with Crippen LogP contribution in [0, 0.1) is 12.7 Å². The minimum absolute atomic E-state index is 0.0949. The number of aryl methyl sites for hydroxylation is 1. The molecule has 0 saturated heterocycles. The molecule has 1 aromatic heterocycles. The first-order valence-corrected chi connectivity index (χ1v) is 2.45. The van der Waals surface area contributed by atoms with Crippen LogP contribution < -0.4 is 0 Å². The number of H-pyrrole nitrogens is 1. The van der Waals surface area contributed by atoms with E-state index < -0.39 is 5.82 Å². The normalized spacial score (nSPS) is 9.88. The Kier molecular flexibility index (Phi) is 1.21. The van der Waals surface area contributed by atoms with Crippen LogP contribution in [0.2, 0.25) is 5.15 Å². The number of halogens is 2. The third-order valence-corrected chi connectivity index (χ3v) is 1.08. The third kappa shape index (κ3) is 0.690. The molecule has 0 aliphatic carbocycles. The van der Waals surface area contributed by atoms with Crippen LogP contribution in [-0.2, 0) is 0 Å². The number of hydrogen-bond acceptors (Lipinski definition) is 1. The van der Waals surface area contributed by atoms with Gasteiger partial charge in [-0.3, -0.25) is 5.10 Å². The van der Waals surface area contributed by atoms with Crippen molar-refractivity contribution in [3.8, 4) is 0 Å². The molecule has 0 fully saturated rings. The molecule has 1 rings (SSSR count).